The van der Waals surface area contributed by atoms with Gasteiger partial charge in [0.2, 0.25) is 0 Å². The molecule has 0 bridgehead atoms. The Bertz CT molecular complexity index is 301. The summed E-state index contributed by atoms with van der Waals surface area (Å²) in [4.78, 5) is 2.61. The molecule has 2 N–H and O–H groups in total. The number of likely N-dealkylation sites (tertiary alicyclic amines) is 1. The Hall–Kier alpha value is -0.120. The molecule has 3 nitrogen and oxygen atoms in total. The van der Waals surface area contributed by atoms with Crippen molar-refractivity contribution in [2.24, 2.45) is 17.8 Å². The van der Waals surface area contributed by atoms with Gasteiger partial charge in [0.05, 0.1) is 0 Å². The first-order valence-corrected chi connectivity index (χ1v) is 8.93. The number of nitrogens with one attached hydrogen (secondary N) is 2. The van der Waals surface area contributed by atoms with Crippen LogP contribution in [0.4, 0.5) is 0 Å². The van der Waals surface area contributed by atoms with Crippen LogP contribution in [0.1, 0.15) is 46.0 Å². The van der Waals surface area contributed by atoms with Crippen molar-refractivity contribution >= 4 is 0 Å². The molecule has 3 aliphatic rings. The molecular weight excluding hydrogens is 246 g/mol. The van der Waals surface area contributed by atoms with E-state index in [-0.39, 0.29) is 0 Å². The van der Waals surface area contributed by atoms with Crippen molar-refractivity contribution in [2.45, 2.75) is 58.0 Å². The van der Waals surface area contributed by atoms with Crippen LogP contribution in [-0.2, 0) is 0 Å². The topological polar surface area (TPSA) is 27.3 Å². The van der Waals surface area contributed by atoms with E-state index in [4.69, 9.17) is 0 Å². The van der Waals surface area contributed by atoms with Gasteiger partial charge >= 0.3 is 0 Å². The third kappa shape index (κ3) is 3.37. The van der Waals surface area contributed by atoms with E-state index >= 15 is 0 Å². The quantitative estimate of drug-likeness (QED) is 0.755. The summed E-state index contributed by atoms with van der Waals surface area (Å²) in [6, 6.07) is 1.55. The van der Waals surface area contributed by atoms with Gasteiger partial charge in [0.15, 0.2) is 0 Å². The molecule has 20 heavy (non-hydrogen) atoms. The van der Waals surface area contributed by atoms with Crippen LogP contribution in [0.5, 0.6) is 0 Å². The Morgan fingerprint density at radius 3 is 2.75 bits per heavy atom. The summed E-state index contributed by atoms with van der Waals surface area (Å²) >= 11 is 0. The Labute approximate surface area is 124 Å². The smallest absolute Gasteiger partial charge is 0.0107 e. The summed E-state index contributed by atoms with van der Waals surface area (Å²) in [5.74, 6) is 2.72. The summed E-state index contributed by atoms with van der Waals surface area (Å²) < 4.78 is 0. The van der Waals surface area contributed by atoms with Crippen LogP contribution in [0.25, 0.3) is 0 Å². The van der Waals surface area contributed by atoms with Crippen molar-refractivity contribution in [1.29, 1.82) is 0 Å². The fourth-order valence-electron chi connectivity index (χ4n) is 4.68. The molecular formula is C17H33N3. The first-order chi connectivity index (χ1) is 9.74. The first-order valence-electron chi connectivity index (χ1n) is 8.93. The number of nitrogens with zero attached hydrogens (tertiary/aromatic N) is 1. The minimum absolute atomic E-state index is 0.729. The Balaban J connectivity index is 1.34. The van der Waals surface area contributed by atoms with E-state index in [1.54, 1.807) is 0 Å². The fourth-order valence-corrected chi connectivity index (χ4v) is 4.68. The highest BCUT2D eigenvalue weighted by molar-refractivity contribution is 4.97. The number of rotatable bonds is 5. The molecule has 2 saturated heterocycles. The van der Waals surface area contributed by atoms with Crippen LogP contribution in [0.3, 0.4) is 0 Å². The average Bonchev–Trinajstić information content (AvgIpc) is 3.05. The van der Waals surface area contributed by atoms with Gasteiger partial charge in [-0.2, -0.15) is 0 Å². The first kappa shape index (κ1) is 14.8. The molecule has 3 rings (SSSR count). The molecule has 0 amide bonds. The number of fused-ring (bicyclic) bond motifs is 1. The third-order valence-corrected chi connectivity index (χ3v) is 6.19. The van der Waals surface area contributed by atoms with Gasteiger partial charge < -0.3 is 15.5 Å². The predicted octanol–water partition coefficient (Wildman–Crippen LogP) is 2.08. The van der Waals surface area contributed by atoms with Crippen LogP contribution in [-0.4, -0.2) is 49.7 Å². The van der Waals surface area contributed by atoms with Crippen LogP contribution < -0.4 is 10.6 Å². The van der Waals surface area contributed by atoms with Crippen molar-refractivity contribution in [3.8, 4) is 0 Å². The zero-order chi connectivity index (χ0) is 13.9. The highest BCUT2D eigenvalue weighted by atomic mass is 15.1. The average molecular weight is 279 g/mol. The lowest BCUT2D eigenvalue weighted by Gasteiger charge is -2.33. The zero-order valence-corrected chi connectivity index (χ0v) is 13.4. The molecule has 116 valence electrons. The van der Waals surface area contributed by atoms with Gasteiger partial charge in [-0.3, -0.25) is 0 Å². The van der Waals surface area contributed by atoms with Crippen molar-refractivity contribution in [2.75, 3.05) is 32.7 Å². The number of hydrogen-bond acceptors (Lipinski definition) is 3. The normalized spacial score (nSPS) is 42.0. The largest absolute Gasteiger partial charge is 0.315 e. The SMILES string of the molecule is CC1NC2CCC(CNCCN3CCCC3)CC2C1C. The minimum Gasteiger partial charge on any atom is -0.315 e. The van der Waals surface area contributed by atoms with E-state index in [1.807, 2.05) is 0 Å². The molecule has 0 aromatic rings. The summed E-state index contributed by atoms with van der Waals surface area (Å²) in [7, 11) is 0. The molecule has 0 aromatic carbocycles. The summed E-state index contributed by atoms with van der Waals surface area (Å²) in [5.41, 5.74) is 0. The van der Waals surface area contributed by atoms with Crippen LogP contribution in [0.15, 0.2) is 0 Å². The summed E-state index contributed by atoms with van der Waals surface area (Å²) in [6.45, 7) is 11.2. The molecule has 3 fully saturated rings. The Morgan fingerprint density at radius 1 is 1.15 bits per heavy atom. The van der Waals surface area contributed by atoms with Gasteiger partial charge in [-0.05, 0) is 76.4 Å². The van der Waals surface area contributed by atoms with Gasteiger partial charge in [-0.1, -0.05) is 6.92 Å². The second kappa shape index (κ2) is 6.76. The van der Waals surface area contributed by atoms with Crippen molar-refractivity contribution in [1.82, 2.24) is 15.5 Å². The maximum Gasteiger partial charge on any atom is 0.0107 e. The summed E-state index contributed by atoms with van der Waals surface area (Å²) in [5, 5.41) is 7.53. The zero-order valence-electron chi connectivity index (χ0n) is 13.4. The van der Waals surface area contributed by atoms with Crippen LogP contribution >= 0.6 is 0 Å². The molecule has 0 spiro atoms. The van der Waals surface area contributed by atoms with Gasteiger partial charge in [-0.25, -0.2) is 0 Å². The molecule has 0 aromatic heterocycles. The molecule has 1 aliphatic carbocycles. The molecule has 5 atom stereocenters. The van der Waals surface area contributed by atoms with E-state index in [1.165, 1.54) is 64.8 Å². The van der Waals surface area contributed by atoms with Gasteiger partial charge in [0.1, 0.15) is 0 Å². The van der Waals surface area contributed by atoms with E-state index in [9.17, 15) is 0 Å². The predicted molar refractivity (Wildman–Crippen MR) is 84.9 cm³/mol. The second-order valence-electron chi connectivity index (χ2n) is 7.52. The van der Waals surface area contributed by atoms with E-state index in [2.05, 4.69) is 29.4 Å². The highest BCUT2D eigenvalue weighted by Crippen LogP contribution is 2.39. The lowest BCUT2D eigenvalue weighted by molar-refractivity contribution is 0.209. The summed E-state index contributed by atoms with van der Waals surface area (Å²) in [6.07, 6.45) is 7.09. The molecule has 2 heterocycles. The highest BCUT2D eigenvalue weighted by Gasteiger charge is 2.41. The Kier molecular flexibility index (Phi) is 5.00. The lowest BCUT2D eigenvalue weighted by atomic mass is 9.74. The molecule has 5 unspecified atom stereocenters. The molecule has 2 aliphatic heterocycles. The van der Waals surface area contributed by atoms with Gasteiger partial charge in [0.25, 0.3) is 0 Å². The third-order valence-electron chi connectivity index (χ3n) is 6.19. The maximum atomic E-state index is 3.80. The molecule has 0 radical (unpaired) electrons. The van der Waals surface area contributed by atoms with Crippen LogP contribution in [0.2, 0.25) is 0 Å². The van der Waals surface area contributed by atoms with E-state index < -0.39 is 0 Å². The van der Waals surface area contributed by atoms with Crippen molar-refractivity contribution in [3.05, 3.63) is 0 Å². The minimum atomic E-state index is 0.729. The van der Waals surface area contributed by atoms with Crippen LogP contribution in [0, 0.1) is 17.8 Å². The van der Waals surface area contributed by atoms with Gasteiger partial charge in [-0.15, -0.1) is 0 Å². The lowest BCUT2D eigenvalue weighted by Crippen LogP contribution is -2.38. The number of hydrogen-bond donors (Lipinski definition) is 2. The Morgan fingerprint density at radius 2 is 1.95 bits per heavy atom. The van der Waals surface area contributed by atoms with E-state index in [0.29, 0.717) is 0 Å². The van der Waals surface area contributed by atoms with Gasteiger partial charge in [0, 0.05) is 25.2 Å². The van der Waals surface area contributed by atoms with Crippen molar-refractivity contribution in [3.63, 3.8) is 0 Å². The van der Waals surface area contributed by atoms with Crippen molar-refractivity contribution < 1.29 is 0 Å². The fraction of sp³-hybridized carbons (Fsp3) is 1.00. The standard InChI is InChI=1S/C17H33N3/c1-13-14(2)19-17-6-5-15(11-16(13)17)12-18-7-10-20-8-3-4-9-20/h13-19H,3-12H2,1-2H3. The maximum absolute atomic E-state index is 3.80. The molecule has 3 heteroatoms. The molecule has 1 saturated carbocycles. The monoisotopic (exact) mass is 279 g/mol. The second-order valence-corrected chi connectivity index (χ2v) is 7.52. The van der Waals surface area contributed by atoms with E-state index in [0.717, 1.165) is 29.8 Å².